The molecule has 6 nitrogen and oxygen atoms in total. The van der Waals surface area contributed by atoms with E-state index < -0.39 is 0 Å². The molecule has 0 aliphatic heterocycles. The predicted octanol–water partition coefficient (Wildman–Crippen LogP) is 2.22. The van der Waals surface area contributed by atoms with E-state index in [1.54, 1.807) is 22.2 Å². The van der Waals surface area contributed by atoms with Gasteiger partial charge >= 0.3 is 0 Å². The molecule has 0 fully saturated rings. The van der Waals surface area contributed by atoms with Crippen LogP contribution in [0.15, 0.2) is 11.1 Å². The maximum absolute atomic E-state index is 13.1. The summed E-state index contributed by atoms with van der Waals surface area (Å²) in [5, 5.41) is 9.00. The fourth-order valence-electron chi connectivity index (χ4n) is 3.81. The summed E-state index contributed by atoms with van der Waals surface area (Å²) in [6.45, 7) is 7.80. The van der Waals surface area contributed by atoms with Gasteiger partial charge < -0.3 is 5.73 Å². The average molecular weight is 345 g/mol. The molecule has 1 atom stereocenters. The number of thiophene rings is 1. The molecule has 24 heavy (non-hydrogen) atoms. The number of nitrogens with two attached hydrogens (primary N) is 1. The van der Waals surface area contributed by atoms with E-state index in [1.807, 2.05) is 4.40 Å². The van der Waals surface area contributed by atoms with Crippen LogP contribution in [0.1, 0.15) is 37.6 Å². The maximum Gasteiger partial charge on any atom is 0.264 e. The monoisotopic (exact) mass is 345 g/mol. The topological polar surface area (TPSA) is 78.2 Å². The molecule has 0 saturated heterocycles. The van der Waals surface area contributed by atoms with Crippen LogP contribution >= 0.6 is 11.3 Å². The van der Waals surface area contributed by atoms with Crippen LogP contribution in [0.25, 0.3) is 16.0 Å². The summed E-state index contributed by atoms with van der Waals surface area (Å²) in [6, 6.07) is 0. The number of hydrogen-bond acceptors (Lipinski definition) is 5. The van der Waals surface area contributed by atoms with Crippen LogP contribution in [0.2, 0.25) is 0 Å². The number of aryl methyl sites for hydroxylation is 1. The SMILES string of the molecule is CC(C)(C)C1CCc2c(sc3c2c(=O)n(CCN)c2nncn32)C1. The van der Waals surface area contributed by atoms with Gasteiger partial charge in [-0.1, -0.05) is 20.8 Å². The molecular weight excluding hydrogens is 322 g/mol. The first-order valence-electron chi connectivity index (χ1n) is 8.48. The van der Waals surface area contributed by atoms with E-state index in [1.165, 1.54) is 10.4 Å². The molecule has 1 unspecified atom stereocenters. The third kappa shape index (κ3) is 2.22. The molecule has 0 aromatic carbocycles. The van der Waals surface area contributed by atoms with Gasteiger partial charge in [0.05, 0.1) is 5.39 Å². The Hall–Kier alpha value is -1.73. The number of nitrogens with zero attached hydrogens (tertiary/aromatic N) is 4. The Labute approximate surface area is 144 Å². The molecule has 2 N–H and O–H groups in total. The zero-order valence-electron chi connectivity index (χ0n) is 14.4. The molecule has 0 radical (unpaired) electrons. The lowest BCUT2D eigenvalue weighted by Gasteiger charge is -2.33. The molecule has 1 aliphatic carbocycles. The molecule has 3 aromatic rings. The van der Waals surface area contributed by atoms with Gasteiger partial charge in [-0.05, 0) is 36.2 Å². The second-order valence-electron chi connectivity index (χ2n) is 7.74. The van der Waals surface area contributed by atoms with Gasteiger partial charge in [-0.2, -0.15) is 0 Å². The van der Waals surface area contributed by atoms with Crippen molar-refractivity contribution in [2.75, 3.05) is 6.54 Å². The lowest BCUT2D eigenvalue weighted by Crippen LogP contribution is -2.28. The standard InChI is InChI=1S/C17H23N5OS/c1-17(2,3)10-4-5-11-12(8-10)24-15-13(11)14(23)21(7-6-18)16-20-19-9-22(15)16/h9-10H,4-8,18H2,1-3H3. The van der Waals surface area contributed by atoms with Crippen molar-refractivity contribution in [1.82, 2.24) is 19.2 Å². The van der Waals surface area contributed by atoms with Crippen molar-refractivity contribution in [1.29, 1.82) is 0 Å². The van der Waals surface area contributed by atoms with Crippen molar-refractivity contribution in [2.24, 2.45) is 17.1 Å². The van der Waals surface area contributed by atoms with Crippen molar-refractivity contribution in [3.63, 3.8) is 0 Å². The van der Waals surface area contributed by atoms with Gasteiger partial charge in [0.2, 0.25) is 5.78 Å². The van der Waals surface area contributed by atoms with Crippen molar-refractivity contribution < 1.29 is 0 Å². The van der Waals surface area contributed by atoms with E-state index in [0.29, 0.717) is 30.2 Å². The highest BCUT2D eigenvalue weighted by Gasteiger charge is 2.32. The number of aromatic nitrogens is 4. The molecule has 0 amide bonds. The summed E-state index contributed by atoms with van der Waals surface area (Å²) in [5.74, 6) is 1.24. The van der Waals surface area contributed by atoms with Crippen LogP contribution in [-0.2, 0) is 19.4 Å². The van der Waals surface area contributed by atoms with E-state index in [9.17, 15) is 4.79 Å². The fourth-order valence-corrected chi connectivity index (χ4v) is 5.20. The van der Waals surface area contributed by atoms with Gasteiger partial charge in [0.15, 0.2) is 0 Å². The molecule has 128 valence electrons. The van der Waals surface area contributed by atoms with E-state index in [4.69, 9.17) is 5.73 Å². The van der Waals surface area contributed by atoms with Crippen LogP contribution < -0.4 is 11.3 Å². The molecule has 0 saturated carbocycles. The first-order chi connectivity index (χ1) is 11.4. The number of rotatable bonds is 2. The summed E-state index contributed by atoms with van der Waals surface area (Å²) in [6.07, 6.45) is 4.87. The predicted molar refractivity (Wildman–Crippen MR) is 96.7 cm³/mol. The van der Waals surface area contributed by atoms with Crippen molar-refractivity contribution in [2.45, 2.75) is 46.6 Å². The summed E-state index contributed by atoms with van der Waals surface area (Å²) < 4.78 is 3.61. The summed E-state index contributed by atoms with van der Waals surface area (Å²) in [5.41, 5.74) is 7.26. The lowest BCUT2D eigenvalue weighted by atomic mass is 9.72. The van der Waals surface area contributed by atoms with Crippen LogP contribution in [0.3, 0.4) is 0 Å². The van der Waals surface area contributed by atoms with Crippen LogP contribution in [-0.4, -0.2) is 25.7 Å². The van der Waals surface area contributed by atoms with Crippen LogP contribution in [0.5, 0.6) is 0 Å². The third-order valence-electron chi connectivity index (χ3n) is 5.27. The Morgan fingerprint density at radius 2 is 2.21 bits per heavy atom. The van der Waals surface area contributed by atoms with Gasteiger partial charge in [0, 0.05) is 18.0 Å². The van der Waals surface area contributed by atoms with Gasteiger partial charge in [-0.3, -0.25) is 13.8 Å². The van der Waals surface area contributed by atoms with E-state index in [2.05, 4.69) is 31.0 Å². The van der Waals surface area contributed by atoms with Crippen LogP contribution in [0, 0.1) is 11.3 Å². The Morgan fingerprint density at radius 3 is 2.92 bits per heavy atom. The molecule has 0 bridgehead atoms. The zero-order chi connectivity index (χ0) is 17.1. The lowest BCUT2D eigenvalue weighted by molar-refractivity contribution is 0.218. The van der Waals surface area contributed by atoms with Gasteiger partial charge in [-0.25, -0.2) is 0 Å². The molecular formula is C17H23N5OS. The Kier molecular flexibility index (Phi) is 3.54. The highest BCUT2D eigenvalue weighted by atomic mass is 32.1. The molecule has 1 aliphatic rings. The minimum absolute atomic E-state index is 0.0302. The number of fused-ring (bicyclic) bond motifs is 5. The second kappa shape index (κ2) is 5.39. The summed E-state index contributed by atoms with van der Waals surface area (Å²) in [4.78, 5) is 15.4. The van der Waals surface area contributed by atoms with E-state index in [0.717, 1.165) is 29.5 Å². The largest absolute Gasteiger partial charge is 0.329 e. The number of hydrogen-bond donors (Lipinski definition) is 1. The summed E-state index contributed by atoms with van der Waals surface area (Å²) >= 11 is 1.73. The normalized spacial score (nSPS) is 18.4. The Balaban J connectivity index is 1.98. The van der Waals surface area contributed by atoms with Crippen molar-refractivity contribution >= 4 is 27.3 Å². The smallest absolute Gasteiger partial charge is 0.264 e. The quantitative estimate of drug-likeness (QED) is 0.772. The van der Waals surface area contributed by atoms with Gasteiger partial charge in [-0.15, -0.1) is 21.5 Å². The highest BCUT2D eigenvalue weighted by Crippen LogP contribution is 2.42. The molecule has 4 rings (SSSR count). The maximum atomic E-state index is 13.1. The molecule has 3 heterocycles. The van der Waals surface area contributed by atoms with Gasteiger partial charge in [0.1, 0.15) is 11.2 Å². The van der Waals surface area contributed by atoms with Gasteiger partial charge in [0.25, 0.3) is 5.56 Å². The van der Waals surface area contributed by atoms with Crippen molar-refractivity contribution in [3.8, 4) is 0 Å². The first-order valence-corrected chi connectivity index (χ1v) is 9.30. The average Bonchev–Trinajstić information content (AvgIpc) is 3.13. The minimum atomic E-state index is 0.0302. The minimum Gasteiger partial charge on any atom is -0.329 e. The molecule has 7 heteroatoms. The zero-order valence-corrected chi connectivity index (χ0v) is 15.2. The van der Waals surface area contributed by atoms with E-state index in [-0.39, 0.29) is 5.56 Å². The molecule has 3 aromatic heterocycles. The van der Waals surface area contributed by atoms with Crippen molar-refractivity contribution in [3.05, 3.63) is 27.1 Å². The third-order valence-corrected chi connectivity index (χ3v) is 6.53. The van der Waals surface area contributed by atoms with Crippen LogP contribution in [0.4, 0.5) is 0 Å². The first kappa shape index (κ1) is 15.8. The summed E-state index contributed by atoms with van der Waals surface area (Å²) in [7, 11) is 0. The second-order valence-corrected chi connectivity index (χ2v) is 8.82. The highest BCUT2D eigenvalue weighted by molar-refractivity contribution is 7.18. The van der Waals surface area contributed by atoms with E-state index >= 15 is 0 Å². The molecule has 0 spiro atoms. The fraction of sp³-hybridized carbons (Fsp3) is 0.588. The Bertz CT molecular complexity index is 975. The Morgan fingerprint density at radius 1 is 1.42 bits per heavy atom.